The Labute approximate surface area is 194 Å². The summed E-state index contributed by atoms with van der Waals surface area (Å²) in [6, 6.07) is 5.70. The first kappa shape index (κ1) is 29.5. The zero-order valence-electron chi connectivity index (χ0n) is 19.8. The highest BCUT2D eigenvalue weighted by Crippen LogP contribution is 2.10. The summed E-state index contributed by atoms with van der Waals surface area (Å²) >= 11 is 0. The van der Waals surface area contributed by atoms with Gasteiger partial charge >= 0.3 is 23.9 Å². The van der Waals surface area contributed by atoms with Crippen LogP contribution in [0.25, 0.3) is 0 Å². The lowest BCUT2D eigenvalue weighted by Gasteiger charge is -2.14. The summed E-state index contributed by atoms with van der Waals surface area (Å²) in [7, 11) is 0. The topological polar surface area (TPSA) is 121 Å². The Bertz CT molecular complexity index is 843. The molecule has 9 nitrogen and oxygen atoms in total. The van der Waals surface area contributed by atoms with Gasteiger partial charge in [0.15, 0.2) is 0 Å². The highest BCUT2D eigenvalue weighted by Gasteiger charge is 2.17. The summed E-state index contributed by atoms with van der Waals surface area (Å²) in [5.74, 6) is -2.86. The first-order chi connectivity index (χ1) is 15.5. The maximum Gasteiger partial charge on any atom is 0.339 e. The minimum atomic E-state index is -1.22. The summed E-state index contributed by atoms with van der Waals surface area (Å²) in [6.45, 7) is 17.5. The molecule has 0 atom stereocenters. The quantitative estimate of drug-likeness (QED) is 0.208. The van der Waals surface area contributed by atoms with E-state index in [1.807, 2.05) is 0 Å². The molecule has 0 amide bonds. The van der Waals surface area contributed by atoms with Crippen molar-refractivity contribution in [2.24, 2.45) is 0 Å². The van der Waals surface area contributed by atoms with E-state index in [0.717, 1.165) is 19.6 Å². The maximum atomic E-state index is 11.7. The zero-order valence-corrected chi connectivity index (χ0v) is 19.8. The molecule has 0 heterocycles. The number of carbonyl (C=O) groups is 4. The van der Waals surface area contributed by atoms with Crippen molar-refractivity contribution in [2.45, 2.75) is 27.7 Å². The molecule has 0 unspecified atom stereocenters. The molecule has 33 heavy (non-hydrogen) atoms. The largest absolute Gasteiger partial charge is 0.478 e. The third kappa shape index (κ3) is 12.2. The van der Waals surface area contributed by atoms with E-state index in [9.17, 15) is 19.2 Å². The Balaban J connectivity index is 0.000000684. The number of quaternary nitrogens is 1. The number of carboxylic acids is 1. The van der Waals surface area contributed by atoms with Crippen LogP contribution in [0.4, 0.5) is 0 Å². The summed E-state index contributed by atoms with van der Waals surface area (Å²) < 4.78 is 14.6. The average molecular weight is 465 g/mol. The normalized spacial score (nSPS) is 9.85. The van der Waals surface area contributed by atoms with Crippen molar-refractivity contribution in [1.82, 2.24) is 0 Å². The van der Waals surface area contributed by atoms with Gasteiger partial charge < -0.3 is 24.2 Å². The number of hydrogen-bond acceptors (Lipinski definition) is 7. The van der Waals surface area contributed by atoms with Crippen LogP contribution in [0.2, 0.25) is 0 Å². The molecule has 0 radical (unpaired) electrons. The van der Waals surface area contributed by atoms with Crippen LogP contribution in [0, 0.1) is 0 Å². The molecular weight excluding hydrogens is 430 g/mol. The van der Waals surface area contributed by atoms with E-state index in [2.05, 4.69) is 27.0 Å². The lowest BCUT2D eigenvalue weighted by atomic mass is 10.1. The third-order valence-corrected chi connectivity index (χ3v) is 4.31. The van der Waals surface area contributed by atoms with Crippen molar-refractivity contribution >= 4 is 23.9 Å². The van der Waals surface area contributed by atoms with Gasteiger partial charge in [0.1, 0.15) is 26.4 Å². The van der Waals surface area contributed by atoms with Crippen LogP contribution in [-0.2, 0) is 23.8 Å². The molecule has 0 aliphatic heterocycles. The number of ether oxygens (including phenoxy) is 3. The monoisotopic (exact) mass is 464 g/mol. The fourth-order valence-corrected chi connectivity index (χ4v) is 2.33. The van der Waals surface area contributed by atoms with Crippen molar-refractivity contribution in [2.75, 3.05) is 39.5 Å². The maximum absolute atomic E-state index is 11.7. The van der Waals surface area contributed by atoms with Crippen LogP contribution < -0.4 is 4.90 Å². The van der Waals surface area contributed by atoms with Crippen molar-refractivity contribution < 1.29 is 43.4 Å². The van der Waals surface area contributed by atoms with E-state index >= 15 is 0 Å². The van der Waals surface area contributed by atoms with Crippen LogP contribution >= 0.6 is 0 Å². The number of esters is 3. The Morgan fingerprint density at radius 3 is 1.73 bits per heavy atom. The summed E-state index contributed by atoms with van der Waals surface area (Å²) in [5, 5.41) is 8.93. The lowest BCUT2D eigenvalue weighted by Crippen LogP contribution is -3.11. The molecule has 182 valence electrons. The summed E-state index contributed by atoms with van der Waals surface area (Å²) in [4.78, 5) is 46.1. The van der Waals surface area contributed by atoms with E-state index in [-0.39, 0.29) is 35.9 Å². The van der Waals surface area contributed by atoms with Crippen LogP contribution in [0.15, 0.2) is 48.6 Å². The molecular formula is C24H34NO8+. The molecule has 0 spiro atoms. The van der Waals surface area contributed by atoms with E-state index in [1.165, 1.54) is 36.1 Å². The predicted octanol–water partition coefficient (Wildman–Crippen LogP) is 1.69. The van der Waals surface area contributed by atoms with Gasteiger partial charge in [-0.25, -0.2) is 19.2 Å². The predicted molar refractivity (Wildman–Crippen MR) is 122 cm³/mol. The second-order valence-corrected chi connectivity index (χ2v) is 7.03. The van der Waals surface area contributed by atoms with E-state index in [4.69, 9.17) is 19.3 Å². The Kier molecular flexibility index (Phi) is 14.5. The fourth-order valence-electron chi connectivity index (χ4n) is 2.33. The SMILES string of the molecule is C=C(C)C(=O)OCCOC(=O)c1ccccc1C(=O)O.C=C(C)C(=O)OCC[NH+](CC)CC. The van der Waals surface area contributed by atoms with Gasteiger partial charge in [0.05, 0.1) is 24.2 Å². The minimum absolute atomic E-state index is 0.0498. The standard InChI is InChI=1S/C14H14O6.C10H19NO2/c1-9(2)13(17)19-7-8-20-14(18)11-6-4-3-5-10(11)12(15)16;1-5-11(6-2)7-8-13-10(12)9(3)4/h3-6H,1,7-8H2,2H3,(H,15,16);3,5-8H2,1-2,4H3/p+1. The van der Waals surface area contributed by atoms with E-state index in [1.54, 1.807) is 6.92 Å². The first-order valence-electron chi connectivity index (χ1n) is 10.5. The first-order valence-corrected chi connectivity index (χ1v) is 10.5. The summed E-state index contributed by atoms with van der Waals surface area (Å²) in [6.07, 6.45) is 0. The van der Waals surface area contributed by atoms with Crippen molar-refractivity contribution in [1.29, 1.82) is 0 Å². The average Bonchev–Trinajstić information content (AvgIpc) is 2.79. The van der Waals surface area contributed by atoms with Gasteiger partial charge in [-0.3, -0.25) is 0 Å². The van der Waals surface area contributed by atoms with Gasteiger partial charge in [-0.05, 0) is 39.8 Å². The lowest BCUT2D eigenvalue weighted by molar-refractivity contribution is -0.896. The number of carbonyl (C=O) groups excluding carboxylic acids is 3. The molecule has 0 aliphatic carbocycles. The van der Waals surface area contributed by atoms with Gasteiger partial charge in [-0.1, -0.05) is 25.3 Å². The molecule has 0 saturated heterocycles. The van der Waals surface area contributed by atoms with E-state index in [0.29, 0.717) is 12.2 Å². The molecule has 0 fully saturated rings. The molecule has 0 aliphatic rings. The number of benzene rings is 1. The number of aromatic carboxylic acids is 1. The third-order valence-electron chi connectivity index (χ3n) is 4.31. The van der Waals surface area contributed by atoms with Crippen LogP contribution in [-0.4, -0.2) is 68.4 Å². The molecule has 9 heteroatoms. The van der Waals surface area contributed by atoms with Crippen molar-refractivity contribution in [3.63, 3.8) is 0 Å². The van der Waals surface area contributed by atoms with Crippen LogP contribution in [0.3, 0.4) is 0 Å². The van der Waals surface area contributed by atoms with Gasteiger partial charge in [0.2, 0.25) is 0 Å². The Morgan fingerprint density at radius 2 is 1.27 bits per heavy atom. The molecule has 1 aromatic rings. The van der Waals surface area contributed by atoms with Crippen LogP contribution in [0.1, 0.15) is 48.4 Å². The molecule has 1 aromatic carbocycles. The van der Waals surface area contributed by atoms with Gasteiger partial charge in [-0.2, -0.15) is 0 Å². The highest BCUT2D eigenvalue weighted by molar-refractivity contribution is 6.02. The minimum Gasteiger partial charge on any atom is -0.478 e. The van der Waals surface area contributed by atoms with Crippen LogP contribution in [0.5, 0.6) is 0 Å². The zero-order chi connectivity index (χ0) is 25.4. The number of rotatable bonds is 12. The smallest absolute Gasteiger partial charge is 0.339 e. The Morgan fingerprint density at radius 1 is 0.818 bits per heavy atom. The number of hydrogen-bond donors (Lipinski definition) is 2. The highest BCUT2D eigenvalue weighted by atomic mass is 16.6. The molecule has 0 saturated carbocycles. The summed E-state index contributed by atoms with van der Waals surface area (Å²) in [5.41, 5.74) is 0.518. The fraction of sp³-hybridized carbons (Fsp3) is 0.417. The Hall–Kier alpha value is -3.46. The molecule has 0 aromatic heterocycles. The van der Waals surface area contributed by atoms with Crippen molar-refractivity contribution in [3.05, 3.63) is 59.7 Å². The number of nitrogens with one attached hydrogen (secondary N) is 1. The van der Waals surface area contributed by atoms with Gasteiger partial charge in [-0.15, -0.1) is 0 Å². The van der Waals surface area contributed by atoms with Gasteiger partial charge in [0, 0.05) is 11.1 Å². The number of likely N-dealkylation sites (N-methyl/N-ethyl adjacent to an activating group) is 1. The van der Waals surface area contributed by atoms with Crippen molar-refractivity contribution in [3.8, 4) is 0 Å². The molecule has 1 rings (SSSR count). The second-order valence-electron chi connectivity index (χ2n) is 7.03. The number of carboxylic acid groups (broad SMARTS) is 1. The molecule has 2 N–H and O–H groups in total. The second kappa shape index (κ2) is 16.2. The molecule has 0 bridgehead atoms. The van der Waals surface area contributed by atoms with Gasteiger partial charge in [0.25, 0.3) is 0 Å². The van der Waals surface area contributed by atoms with E-state index < -0.39 is 17.9 Å².